The lowest BCUT2D eigenvalue weighted by atomic mass is 10.2. The Bertz CT molecular complexity index is 999. The van der Waals surface area contributed by atoms with E-state index in [1.54, 1.807) is 42.1 Å². The van der Waals surface area contributed by atoms with Gasteiger partial charge in [-0.3, -0.25) is 9.10 Å². The molecular weight excluding hydrogens is 443 g/mol. The summed E-state index contributed by atoms with van der Waals surface area (Å²) >= 11 is 1.69. The van der Waals surface area contributed by atoms with Crippen molar-refractivity contribution in [2.24, 2.45) is 0 Å². The topological polar surface area (TPSA) is 84.9 Å². The largest absolute Gasteiger partial charge is 0.486 e. The molecule has 1 amide bonds. The molecule has 0 atom stereocenters. The molecule has 1 heterocycles. The van der Waals surface area contributed by atoms with Gasteiger partial charge in [0.05, 0.1) is 11.9 Å². The van der Waals surface area contributed by atoms with E-state index in [1.807, 2.05) is 0 Å². The summed E-state index contributed by atoms with van der Waals surface area (Å²) in [6.07, 6.45) is 1.80. The van der Waals surface area contributed by atoms with Crippen LogP contribution in [-0.2, 0) is 20.6 Å². The predicted octanol–water partition coefficient (Wildman–Crippen LogP) is 2.80. The van der Waals surface area contributed by atoms with Gasteiger partial charge in [0.15, 0.2) is 11.5 Å². The summed E-state index contributed by atoms with van der Waals surface area (Å²) in [5.41, 5.74) is 1.38. The smallest absolute Gasteiger partial charge is 0.240 e. The number of rotatable bonds is 10. The molecule has 31 heavy (non-hydrogen) atoms. The standard InChI is InChI=1S/C21H25FN2O5S2/c1-31(26,27)24(18-7-8-19-20(13-18)29-11-10-28-19)14-21(25)23-9-2-12-30-15-16-3-5-17(22)6-4-16/h3-8,13H,2,9-12,14-15H2,1H3,(H,23,25). The molecule has 0 saturated heterocycles. The van der Waals surface area contributed by atoms with Crippen molar-refractivity contribution >= 4 is 33.4 Å². The Labute approximate surface area is 186 Å². The summed E-state index contributed by atoms with van der Waals surface area (Å²) < 4.78 is 49.4. The lowest BCUT2D eigenvalue weighted by Crippen LogP contribution is -2.40. The number of ether oxygens (including phenoxy) is 2. The second kappa shape index (κ2) is 10.7. The number of nitrogens with zero attached hydrogens (tertiary/aromatic N) is 1. The SMILES string of the molecule is CS(=O)(=O)N(CC(=O)NCCCSCc1ccc(F)cc1)c1ccc2c(c1)OCCO2. The zero-order valence-corrected chi connectivity index (χ0v) is 18.8. The molecule has 3 rings (SSSR count). The van der Waals surface area contributed by atoms with Crippen LogP contribution in [0.4, 0.5) is 10.1 Å². The molecule has 0 spiro atoms. The summed E-state index contributed by atoms with van der Waals surface area (Å²) in [5, 5.41) is 2.76. The van der Waals surface area contributed by atoms with Crippen LogP contribution in [0.2, 0.25) is 0 Å². The molecule has 0 bridgehead atoms. The van der Waals surface area contributed by atoms with Gasteiger partial charge in [-0.25, -0.2) is 12.8 Å². The Morgan fingerprint density at radius 1 is 1.13 bits per heavy atom. The van der Waals surface area contributed by atoms with E-state index < -0.39 is 10.0 Å². The van der Waals surface area contributed by atoms with Crippen molar-refractivity contribution in [2.45, 2.75) is 12.2 Å². The molecular formula is C21H25FN2O5S2. The fourth-order valence-electron chi connectivity index (χ4n) is 2.95. The molecule has 2 aromatic rings. The molecule has 0 aromatic heterocycles. The van der Waals surface area contributed by atoms with Crippen LogP contribution in [0.1, 0.15) is 12.0 Å². The number of anilines is 1. The normalized spacial score (nSPS) is 13.0. The van der Waals surface area contributed by atoms with Gasteiger partial charge in [-0.05, 0) is 42.0 Å². The van der Waals surface area contributed by atoms with E-state index in [-0.39, 0.29) is 18.3 Å². The highest BCUT2D eigenvalue weighted by molar-refractivity contribution is 7.98. The van der Waals surface area contributed by atoms with Crippen LogP contribution in [0.5, 0.6) is 11.5 Å². The molecule has 1 aliphatic rings. The van der Waals surface area contributed by atoms with Crippen molar-refractivity contribution in [2.75, 3.05) is 42.6 Å². The van der Waals surface area contributed by atoms with E-state index >= 15 is 0 Å². The Hall–Kier alpha value is -2.46. The summed E-state index contributed by atoms with van der Waals surface area (Å²) in [7, 11) is -3.67. The first-order valence-electron chi connectivity index (χ1n) is 9.79. The number of amides is 1. The first-order chi connectivity index (χ1) is 14.8. The van der Waals surface area contributed by atoms with E-state index in [4.69, 9.17) is 9.47 Å². The number of carbonyl (C=O) groups excluding carboxylic acids is 1. The molecule has 0 radical (unpaired) electrons. The van der Waals surface area contributed by atoms with Crippen LogP contribution in [0.15, 0.2) is 42.5 Å². The highest BCUT2D eigenvalue weighted by atomic mass is 32.2. The number of hydrogen-bond donors (Lipinski definition) is 1. The highest BCUT2D eigenvalue weighted by Crippen LogP contribution is 2.34. The minimum Gasteiger partial charge on any atom is -0.486 e. The van der Waals surface area contributed by atoms with Crippen molar-refractivity contribution in [1.29, 1.82) is 0 Å². The van der Waals surface area contributed by atoms with Gasteiger partial charge >= 0.3 is 0 Å². The van der Waals surface area contributed by atoms with Crippen LogP contribution in [0.25, 0.3) is 0 Å². The Balaban J connectivity index is 1.46. The van der Waals surface area contributed by atoms with Gasteiger partial charge in [-0.1, -0.05) is 12.1 Å². The minimum atomic E-state index is -3.67. The number of carbonyl (C=O) groups is 1. The van der Waals surface area contributed by atoms with Gasteiger partial charge in [-0.2, -0.15) is 11.8 Å². The third kappa shape index (κ3) is 7.03. The molecule has 168 valence electrons. The van der Waals surface area contributed by atoms with E-state index in [9.17, 15) is 17.6 Å². The van der Waals surface area contributed by atoms with Crippen molar-refractivity contribution in [3.63, 3.8) is 0 Å². The van der Waals surface area contributed by atoms with Gasteiger partial charge in [-0.15, -0.1) is 0 Å². The van der Waals surface area contributed by atoms with Gasteiger partial charge in [0, 0.05) is 18.4 Å². The Morgan fingerprint density at radius 3 is 2.55 bits per heavy atom. The number of halogens is 1. The van der Waals surface area contributed by atoms with Crippen LogP contribution in [0.3, 0.4) is 0 Å². The number of nitrogens with one attached hydrogen (secondary N) is 1. The van der Waals surface area contributed by atoms with Crippen LogP contribution in [-0.4, -0.2) is 52.6 Å². The third-order valence-corrected chi connectivity index (χ3v) is 6.73. The molecule has 10 heteroatoms. The molecule has 0 saturated carbocycles. The minimum absolute atomic E-state index is 0.254. The van der Waals surface area contributed by atoms with Crippen LogP contribution in [0, 0.1) is 5.82 Å². The first-order valence-corrected chi connectivity index (χ1v) is 12.8. The molecule has 7 nitrogen and oxygen atoms in total. The Kier molecular flexibility index (Phi) is 8.03. The molecule has 0 unspecified atom stereocenters. The van der Waals surface area contributed by atoms with Crippen molar-refractivity contribution < 1.29 is 27.1 Å². The van der Waals surface area contributed by atoms with Crippen LogP contribution < -0.4 is 19.1 Å². The molecule has 1 aliphatic heterocycles. The molecule has 2 aromatic carbocycles. The van der Waals surface area contributed by atoms with Crippen molar-refractivity contribution in [3.05, 3.63) is 53.8 Å². The average Bonchev–Trinajstić information content (AvgIpc) is 2.74. The molecule has 1 N–H and O–H groups in total. The maximum Gasteiger partial charge on any atom is 0.240 e. The van der Waals surface area contributed by atoms with Crippen molar-refractivity contribution in [3.8, 4) is 11.5 Å². The fraction of sp³-hybridized carbons (Fsp3) is 0.381. The maximum absolute atomic E-state index is 12.9. The summed E-state index contributed by atoms with van der Waals surface area (Å²) in [4.78, 5) is 12.3. The number of fused-ring (bicyclic) bond motifs is 1. The quantitative estimate of drug-likeness (QED) is 0.540. The van der Waals surface area contributed by atoms with Gasteiger partial charge in [0.25, 0.3) is 0 Å². The van der Waals surface area contributed by atoms with E-state index in [0.29, 0.717) is 36.9 Å². The summed E-state index contributed by atoms with van der Waals surface area (Å²) in [6, 6.07) is 11.2. The van der Waals surface area contributed by atoms with E-state index in [2.05, 4.69) is 5.32 Å². The molecule has 0 aliphatic carbocycles. The summed E-state index contributed by atoms with van der Waals surface area (Å²) in [5.74, 6) is 1.94. The van der Waals surface area contributed by atoms with Gasteiger partial charge in [0.2, 0.25) is 15.9 Å². The number of sulfonamides is 1. The number of thioether (sulfide) groups is 1. The fourth-order valence-corrected chi connectivity index (χ4v) is 4.72. The van der Waals surface area contributed by atoms with Gasteiger partial charge < -0.3 is 14.8 Å². The second-order valence-corrected chi connectivity index (χ2v) is 9.99. The van der Waals surface area contributed by atoms with Crippen molar-refractivity contribution in [1.82, 2.24) is 5.32 Å². The second-order valence-electron chi connectivity index (χ2n) is 6.98. The van der Waals surface area contributed by atoms with E-state index in [1.165, 1.54) is 12.1 Å². The number of hydrogen-bond acceptors (Lipinski definition) is 6. The average molecular weight is 469 g/mol. The number of benzene rings is 2. The monoisotopic (exact) mass is 468 g/mol. The first kappa shape index (κ1) is 23.2. The zero-order chi connectivity index (χ0) is 22.3. The van der Waals surface area contributed by atoms with E-state index in [0.717, 1.165) is 34.1 Å². The predicted molar refractivity (Wildman–Crippen MR) is 120 cm³/mol. The zero-order valence-electron chi connectivity index (χ0n) is 17.2. The third-order valence-electron chi connectivity index (χ3n) is 4.47. The lowest BCUT2D eigenvalue weighted by Gasteiger charge is -2.24. The van der Waals surface area contributed by atoms with Crippen LogP contribution >= 0.6 is 11.8 Å². The maximum atomic E-state index is 12.9. The Morgan fingerprint density at radius 2 is 1.84 bits per heavy atom. The summed E-state index contributed by atoms with van der Waals surface area (Å²) in [6.45, 7) is 0.941. The lowest BCUT2D eigenvalue weighted by molar-refractivity contribution is -0.119. The highest BCUT2D eigenvalue weighted by Gasteiger charge is 2.23. The molecule has 0 fully saturated rings. The van der Waals surface area contributed by atoms with Gasteiger partial charge in [0.1, 0.15) is 25.6 Å².